The molecule has 0 saturated heterocycles. The molecule has 0 aliphatic rings. The summed E-state index contributed by atoms with van der Waals surface area (Å²) in [5.74, 6) is -0.317. The van der Waals surface area contributed by atoms with Crippen molar-refractivity contribution in [2.75, 3.05) is 5.32 Å². The number of nitro benzene ring substituents is 1. The molecule has 0 spiro atoms. The number of carbonyl (C=O) groups is 1. The Morgan fingerprint density at radius 2 is 2.05 bits per heavy atom. The van der Waals surface area contributed by atoms with Gasteiger partial charge in [-0.05, 0) is 44.0 Å². The highest BCUT2D eigenvalue weighted by atomic mass is 79.9. The monoisotopic (exact) mass is 404 g/mol. The van der Waals surface area contributed by atoms with E-state index in [1.165, 1.54) is 29.5 Å². The molecule has 0 unspecified atom stereocenters. The van der Waals surface area contributed by atoms with Crippen LogP contribution in [-0.2, 0) is 0 Å². The van der Waals surface area contributed by atoms with Crippen LogP contribution < -0.4 is 5.32 Å². The first kappa shape index (κ1) is 14.2. The van der Waals surface area contributed by atoms with Gasteiger partial charge in [-0.15, -0.1) is 11.3 Å². The first-order valence-corrected chi connectivity index (χ1v) is 7.43. The minimum Gasteiger partial charge on any atom is -0.321 e. The molecule has 8 heteroatoms. The Morgan fingerprint density at radius 3 is 2.63 bits per heavy atom. The smallest absolute Gasteiger partial charge is 0.271 e. The van der Waals surface area contributed by atoms with E-state index >= 15 is 0 Å². The molecule has 0 fully saturated rings. The van der Waals surface area contributed by atoms with Crippen LogP contribution in [0.1, 0.15) is 10.4 Å². The van der Waals surface area contributed by atoms with E-state index in [0.29, 0.717) is 15.7 Å². The third-order valence-electron chi connectivity index (χ3n) is 2.24. The summed E-state index contributed by atoms with van der Waals surface area (Å²) in [6.07, 6.45) is 0. The largest absolute Gasteiger partial charge is 0.321 e. The van der Waals surface area contributed by atoms with Crippen LogP contribution in [0.15, 0.2) is 37.9 Å². The number of hydrogen-bond acceptors (Lipinski definition) is 4. The molecule has 0 aliphatic heterocycles. The highest BCUT2D eigenvalue weighted by molar-refractivity contribution is 9.11. The van der Waals surface area contributed by atoms with Crippen molar-refractivity contribution in [3.63, 3.8) is 0 Å². The maximum absolute atomic E-state index is 11.9. The minimum atomic E-state index is -0.511. The van der Waals surface area contributed by atoms with Gasteiger partial charge in [0, 0.05) is 22.0 Å². The number of halogens is 2. The predicted octanol–water partition coefficient (Wildman–Crippen LogP) is 4.43. The molecule has 1 N–H and O–H groups in total. The van der Waals surface area contributed by atoms with Gasteiger partial charge in [0.15, 0.2) is 0 Å². The molecular formula is C11H6Br2N2O3S. The van der Waals surface area contributed by atoms with Crippen LogP contribution in [0.3, 0.4) is 0 Å². The highest BCUT2D eigenvalue weighted by Gasteiger charge is 2.13. The van der Waals surface area contributed by atoms with E-state index in [4.69, 9.17) is 0 Å². The van der Waals surface area contributed by atoms with Gasteiger partial charge in [0.25, 0.3) is 11.6 Å². The van der Waals surface area contributed by atoms with Gasteiger partial charge in [0.2, 0.25) is 0 Å². The fraction of sp³-hybridized carbons (Fsp3) is 0. The Labute approximate surface area is 129 Å². The zero-order valence-corrected chi connectivity index (χ0v) is 13.2. The lowest BCUT2D eigenvalue weighted by molar-refractivity contribution is -0.384. The molecule has 0 atom stereocenters. The lowest BCUT2D eigenvalue weighted by Gasteiger charge is -2.06. The van der Waals surface area contributed by atoms with Crippen molar-refractivity contribution >= 4 is 60.5 Å². The van der Waals surface area contributed by atoms with Gasteiger partial charge < -0.3 is 5.32 Å². The molecule has 0 aliphatic carbocycles. The van der Waals surface area contributed by atoms with Crippen molar-refractivity contribution in [3.8, 4) is 0 Å². The Kier molecular flexibility index (Phi) is 4.33. The van der Waals surface area contributed by atoms with E-state index in [1.807, 2.05) is 0 Å². The third-order valence-corrected chi connectivity index (χ3v) is 4.43. The van der Waals surface area contributed by atoms with E-state index in [9.17, 15) is 14.9 Å². The predicted molar refractivity (Wildman–Crippen MR) is 80.8 cm³/mol. The van der Waals surface area contributed by atoms with E-state index < -0.39 is 4.92 Å². The summed E-state index contributed by atoms with van der Waals surface area (Å²) in [5, 5.41) is 15.0. The average Bonchev–Trinajstić information content (AvgIpc) is 2.78. The van der Waals surface area contributed by atoms with Gasteiger partial charge in [0.05, 0.1) is 20.0 Å². The van der Waals surface area contributed by atoms with Crippen molar-refractivity contribution in [2.45, 2.75) is 0 Å². The lowest BCUT2D eigenvalue weighted by Crippen LogP contribution is -2.11. The standard InChI is InChI=1S/C11H6Br2N2O3S/c12-8-2-1-7(15(17)18)4-9(8)14-11(16)6-3-10(13)19-5-6/h1-5H,(H,14,16). The number of anilines is 1. The molecule has 1 heterocycles. The number of amides is 1. The van der Waals surface area contributed by atoms with Crippen LogP contribution in [0.2, 0.25) is 0 Å². The number of nitro groups is 1. The van der Waals surface area contributed by atoms with Gasteiger partial charge in [0.1, 0.15) is 0 Å². The fourth-order valence-electron chi connectivity index (χ4n) is 1.35. The first-order chi connectivity index (χ1) is 8.97. The molecule has 1 amide bonds. The van der Waals surface area contributed by atoms with Crippen LogP contribution in [0.5, 0.6) is 0 Å². The number of carbonyl (C=O) groups excluding carboxylic acids is 1. The number of benzene rings is 1. The molecule has 0 bridgehead atoms. The molecule has 5 nitrogen and oxygen atoms in total. The van der Waals surface area contributed by atoms with Crippen molar-refractivity contribution in [3.05, 3.63) is 53.6 Å². The molecule has 0 radical (unpaired) electrons. The Morgan fingerprint density at radius 1 is 1.32 bits per heavy atom. The van der Waals surface area contributed by atoms with Crippen LogP contribution in [-0.4, -0.2) is 10.8 Å². The summed E-state index contributed by atoms with van der Waals surface area (Å²) in [6, 6.07) is 5.88. The Balaban J connectivity index is 2.25. The maximum atomic E-state index is 11.9. The van der Waals surface area contributed by atoms with Crippen LogP contribution in [0, 0.1) is 10.1 Å². The second kappa shape index (κ2) is 5.81. The number of rotatable bonds is 3. The van der Waals surface area contributed by atoms with Crippen molar-refractivity contribution in [1.29, 1.82) is 0 Å². The maximum Gasteiger partial charge on any atom is 0.271 e. The van der Waals surface area contributed by atoms with Crippen molar-refractivity contribution < 1.29 is 9.72 Å². The van der Waals surface area contributed by atoms with E-state index in [2.05, 4.69) is 37.2 Å². The Bertz CT molecular complexity index is 657. The second-order valence-electron chi connectivity index (χ2n) is 3.51. The Hall–Kier alpha value is -1.25. The minimum absolute atomic E-state index is 0.0787. The quantitative estimate of drug-likeness (QED) is 0.606. The number of nitrogens with zero attached hydrogens (tertiary/aromatic N) is 1. The van der Waals surface area contributed by atoms with Gasteiger partial charge in [-0.1, -0.05) is 0 Å². The van der Waals surface area contributed by atoms with Gasteiger partial charge in [-0.2, -0.15) is 0 Å². The average molecular weight is 406 g/mol. The lowest BCUT2D eigenvalue weighted by atomic mass is 10.2. The fourth-order valence-corrected chi connectivity index (χ4v) is 2.83. The SMILES string of the molecule is O=C(Nc1cc([N+](=O)[O-])ccc1Br)c1csc(Br)c1. The zero-order chi connectivity index (χ0) is 14.0. The van der Waals surface area contributed by atoms with Gasteiger partial charge in [-0.25, -0.2) is 0 Å². The number of thiophene rings is 1. The van der Waals surface area contributed by atoms with Crippen LogP contribution >= 0.6 is 43.2 Å². The van der Waals surface area contributed by atoms with Crippen LogP contribution in [0.25, 0.3) is 0 Å². The normalized spacial score (nSPS) is 10.2. The van der Waals surface area contributed by atoms with E-state index in [0.717, 1.165) is 3.79 Å². The molecular weight excluding hydrogens is 400 g/mol. The summed E-state index contributed by atoms with van der Waals surface area (Å²) in [7, 11) is 0. The van der Waals surface area contributed by atoms with Crippen molar-refractivity contribution in [2.24, 2.45) is 0 Å². The molecule has 98 valence electrons. The summed E-state index contributed by atoms with van der Waals surface area (Å²) in [5.41, 5.74) is 0.779. The van der Waals surface area contributed by atoms with Gasteiger partial charge >= 0.3 is 0 Å². The summed E-state index contributed by atoms with van der Waals surface area (Å²) in [4.78, 5) is 22.1. The first-order valence-electron chi connectivity index (χ1n) is 4.96. The van der Waals surface area contributed by atoms with E-state index in [1.54, 1.807) is 11.4 Å². The molecule has 1 aromatic heterocycles. The highest BCUT2D eigenvalue weighted by Crippen LogP contribution is 2.28. The number of hydrogen-bond donors (Lipinski definition) is 1. The zero-order valence-electron chi connectivity index (χ0n) is 9.22. The van der Waals surface area contributed by atoms with Crippen molar-refractivity contribution in [1.82, 2.24) is 0 Å². The molecule has 0 saturated carbocycles. The summed E-state index contributed by atoms with van der Waals surface area (Å²) < 4.78 is 1.43. The number of nitrogens with one attached hydrogen (secondary N) is 1. The topological polar surface area (TPSA) is 72.2 Å². The molecule has 2 rings (SSSR count). The van der Waals surface area contributed by atoms with E-state index in [-0.39, 0.29) is 11.6 Å². The summed E-state index contributed by atoms with van der Waals surface area (Å²) in [6.45, 7) is 0. The summed E-state index contributed by atoms with van der Waals surface area (Å²) >= 11 is 7.90. The molecule has 1 aromatic carbocycles. The third kappa shape index (κ3) is 3.40. The second-order valence-corrected chi connectivity index (χ2v) is 6.66. The molecule has 2 aromatic rings. The van der Waals surface area contributed by atoms with Crippen LogP contribution in [0.4, 0.5) is 11.4 Å². The molecule has 19 heavy (non-hydrogen) atoms. The van der Waals surface area contributed by atoms with Gasteiger partial charge in [-0.3, -0.25) is 14.9 Å². The number of non-ortho nitro benzene ring substituents is 1.